The number of aromatic amines is 2. The zero-order valence-corrected chi connectivity index (χ0v) is 16.9. The third kappa shape index (κ3) is 2.58. The fraction of sp³-hybridized carbons (Fsp3) is 0.0345. The second-order valence-corrected chi connectivity index (χ2v) is 8.46. The molecule has 0 bridgehead atoms. The second-order valence-electron chi connectivity index (χ2n) is 8.46. The predicted molar refractivity (Wildman–Crippen MR) is 129 cm³/mol. The Morgan fingerprint density at radius 3 is 1.45 bits per heavy atom. The molecular weight excluding hydrogens is 376 g/mol. The van der Waals surface area contributed by atoms with Gasteiger partial charge >= 0.3 is 0 Å². The van der Waals surface area contributed by atoms with Crippen molar-refractivity contribution in [2.45, 2.75) is 6.42 Å². The van der Waals surface area contributed by atoms with E-state index in [4.69, 9.17) is 0 Å². The fourth-order valence-corrected chi connectivity index (χ4v) is 5.00. The quantitative estimate of drug-likeness (QED) is 0.302. The minimum absolute atomic E-state index is 0.979. The smallest absolute Gasteiger partial charge is 0.0464 e. The Morgan fingerprint density at radius 1 is 0.484 bits per heavy atom. The van der Waals surface area contributed by atoms with Crippen molar-refractivity contribution < 1.29 is 0 Å². The van der Waals surface area contributed by atoms with Crippen LogP contribution in [0.4, 0.5) is 0 Å². The summed E-state index contributed by atoms with van der Waals surface area (Å²) in [6, 6.07) is 35.1. The summed E-state index contributed by atoms with van der Waals surface area (Å²) in [7, 11) is 0. The van der Waals surface area contributed by atoms with E-state index in [0.717, 1.165) is 6.42 Å². The molecule has 146 valence electrons. The average molecular weight is 396 g/mol. The lowest BCUT2D eigenvalue weighted by Gasteiger charge is -2.05. The van der Waals surface area contributed by atoms with E-state index in [0.29, 0.717) is 0 Å². The summed E-state index contributed by atoms with van der Waals surface area (Å²) in [6.45, 7) is 0. The summed E-state index contributed by atoms with van der Waals surface area (Å²) < 4.78 is 0. The molecular formula is C29H20N2. The summed E-state index contributed by atoms with van der Waals surface area (Å²) >= 11 is 0. The first kappa shape index (κ1) is 16.7. The molecule has 0 saturated carbocycles. The van der Waals surface area contributed by atoms with Gasteiger partial charge in [-0.1, -0.05) is 60.7 Å². The van der Waals surface area contributed by atoms with Crippen LogP contribution < -0.4 is 0 Å². The minimum atomic E-state index is 0.979. The summed E-state index contributed by atoms with van der Waals surface area (Å²) in [4.78, 5) is 7.13. The van der Waals surface area contributed by atoms with Crippen molar-refractivity contribution in [2.24, 2.45) is 0 Å². The molecule has 1 aliphatic rings. The van der Waals surface area contributed by atoms with Gasteiger partial charge < -0.3 is 9.97 Å². The van der Waals surface area contributed by atoms with Crippen LogP contribution in [0.2, 0.25) is 0 Å². The number of nitrogens with one attached hydrogen (secondary N) is 2. The third-order valence-corrected chi connectivity index (χ3v) is 6.56. The van der Waals surface area contributed by atoms with E-state index in [9.17, 15) is 0 Å². The van der Waals surface area contributed by atoms with Crippen molar-refractivity contribution >= 4 is 21.8 Å². The molecule has 2 aromatic heterocycles. The number of para-hydroxylation sites is 2. The number of fused-ring (bicyclic) bond motifs is 5. The van der Waals surface area contributed by atoms with Crippen molar-refractivity contribution in [3.8, 4) is 33.6 Å². The Balaban J connectivity index is 1.27. The molecule has 1 aliphatic carbocycles. The van der Waals surface area contributed by atoms with Crippen LogP contribution in [0.1, 0.15) is 11.1 Å². The first-order chi connectivity index (χ1) is 15.3. The number of benzene rings is 4. The Hall–Kier alpha value is -4.04. The summed E-state index contributed by atoms with van der Waals surface area (Å²) in [5, 5.41) is 2.51. The largest absolute Gasteiger partial charge is 0.355 e. The van der Waals surface area contributed by atoms with Crippen molar-refractivity contribution in [3.05, 3.63) is 108 Å². The maximum absolute atomic E-state index is 3.56. The molecule has 2 nitrogen and oxygen atoms in total. The molecule has 0 spiro atoms. The highest BCUT2D eigenvalue weighted by molar-refractivity contribution is 5.89. The maximum Gasteiger partial charge on any atom is 0.0464 e. The standard InChI is InChI=1S/C29H20N2/c1-3-7-26-18(5-1)16-28(30-26)20-9-11-24-22(13-20)15-23-14-21(10-12-25(23)24)29-17-19-6-2-4-8-27(19)31-29/h1-14,16-17,30-31H,15H2. The molecule has 6 aromatic rings. The van der Waals surface area contributed by atoms with Gasteiger partial charge in [0.1, 0.15) is 0 Å². The zero-order chi connectivity index (χ0) is 20.4. The van der Waals surface area contributed by atoms with Gasteiger partial charge in [-0.3, -0.25) is 0 Å². The van der Waals surface area contributed by atoms with Gasteiger partial charge in [-0.05, 0) is 76.2 Å². The molecule has 4 aromatic carbocycles. The monoisotopic (exact) mass is 396 g/mol. The van der Waals surface area contributed by atoms with E-state index < -0.39 is 0 Å². The Bertz CT molecular complexity index is 1430. The topological polar surface area (TPSA) is 31.6 Å². The van der Waals surface area contributed by atoms with E-state index in [2.05, 4.69) is 107 Å². The highest BCUT2D eigenvalue weighted by Crippen LogP contribution is 2.40. The van der Waals surface area contributed by atoms with Gasteiger partial charge in [0.2, 0.25) is 0 Å². The lowest BCUT2D eigenvalue weighted by Crippen LogP contribution is -1.84. The molecule has 0 saturated heterocycles. The molecule has 2 heterocycles. The molecule has 0 atom stereocenters. The lowest BCUT2D eigenvalue weighted by molar-refractivity contribution is 1.26. The fourth-order valence-electron chi connectivity index (χ4n) is 5.00. The predicted octanol–water partition coefficient (Wildman–Crippen LogP) is 7.55. The highest BCUT2D eigenvalue weighted by atomic mass is 14.7. The van der Waals surface area contributed by atoms with E-state index >= 15 is 0 Å². The first-order valence-electron chi connectivity index (χ1n) is 10.7. The summed E-state index contributed by atoms with van der Waals surface area (Å²) in [5.74, 6) is 0. The SMILES string of the molecule is c1ccc2[nH]c(-c3ccc4c(c3)Cc3cc(-c5cc6ccccc6[nH]5)ccc3-4)cc2c1. The van der Waals surface area contributed by atoms with Crippen molar-refractivity contribution in [1.29, 1.82) is 0 Å². The molecule has 0 unspecified atom stereocenters. The summed E-state index contributed by atoms with van der Waals surface area (Å²) in [6.07, 6.45) is 0.979. The van der Waals surface area contributed by atoms with Gasteiger partial charge in [0, 0.05) is 33.2 Å². The van der Waals surface area contributed by atoms with Crippen LogP contribution >= 0.6 is 0 Å². The number of hydrogen-bond donors (Lipinski definition) is 2. The molecule has 0 amide bonds. The third-order valence-electron chi connectivity index (χ3n) is 6.56. The molecule has 2 heteroatoms. The van der Waals surface area contributed by atoms with Crippen LogP contribution in [0.25, 0.3) is 55.4 Å². The average Bonchev–Trinajstić information content (AvgIpc) is 3.52. The number of aromatic nitrogens is 2. The van der Waals surface area contributed by atoms with E-state index in [1.807, 2.05) is 0 Å². The normalized spacial score (nSPS) is 12.4. The maximum atomic E-state index is 3.56. The van der Waals surface area contributed by atoms with Gasteiger partial charge in [0.15, 0.2) is 0 Å². The zero-order valence-electron chi connectivity index (χ0n) is 16.9. The number of rotatable bonds is 2. The molecule has 2 N–H and O–H groups in total. The van der Waals surface area contributed by atoms with Gasteiger partial charge in [-0.15, -0.1) is 0 Å². The molecule has 0 radical (unpaired) electrons. The van der Waals surface area contributed by atoms with E-state index in [1.165, 1.54) is 66.6 Å². The van der Waals surface area contributed by atoms with E-state index in [-0.39, 0.29) is 0 Å². The van der Waals surface area contributed by atoms with Crippen LogP contribution in [0.5, 0.6) is 0 Å². The molecule has 31 heavy (non-hydrogen) atoms. The lowest BCUT2D eigenvalue weighted by atomic mass is 10.0. The second kappa shape index (κ2) is 6.23. The van der Waals surface area contributed by atoms with Crippen molar-refractivity contribution in [3.63, 3.8) is 0 Å². The van der Waals surface area contributed by atoms with Crippen LogP contribution in [0.15, 0.2) is 97.1 Å². The Kier molecular flexibility index (Phi) is 3.36. The molecule has 0 aliphatic heterocycles. The van der Waals surface area contributed by atoms with Gasteiger partial charge in [0.05, 0.1) is 0 Å². The van der Waals surface area contributed by atoms with Gasteiger partial charge in [-0.2, -0.15) is 0 Å². The minimum Gasteiger partial charge on any atom is -0.355 e. The Labute approximate surface area is 180 Å². The van der Waals surface area contributed by atoms with Crippen LogP contribution in [-0.2, 0) is 6.42 Å². The van der Waals surface area contributed by atoms with Gasteiger partial charge in [-0.25, -0.2) is 0 Å². The van der Waals surface area contributed by atoms with Crippen LogP contribution in [-0.4, -0.2) is 9.97 Å². The number of hydrogen-bond acceptors (Lipinski definition) is 0. The number of H-pyrrole nitrogens is 2. The first-order valence-corrected chi connectivity index (χ1v) is 10.7. The Morgan fingerprint density at radius 2 is 0.968 bits per heavy atom. The summed E-state index contributed by atoms with van der Waals surface area (Å²) in [5.41, 5.74) is 12.7. The van der Waals surface area contributed by atoms with Crippen molar-refractivity contribution in [1.82, 2.24) is 9.97 Å². The van der Waals surface area contributed by atoms with E-state index in [1.54, 1.807) is 0 Å². The molecule has 7 rings (SSSR count). The van der Waals surface area contributed by atoms with Crippen LogP contribution in [0.3, 0.4) is 0 Å². The highest BCUT2D eigenvalue weighted by Gasteiger charge is 2.20. The van der Waals surface area contributed by atoms with Crippen molar-refractivity contribution in [2.75, 3.05) is 0 Å². The van der Waals surface area contributed by atoms with Crippen LogP contribution in [0, 0.1) is 0 Å². The molecule has 0 fully saturated rings. The van der Waals surface area contributed by atoms with Gasteiger partial charge in [0.25, 0.3) is 0 Å².